The highest BCUT2D eigenvalue weighted by atomic mass is 16.4. The van der Waals surface area contributed by atoms with Crippen molar-refractivity contribution in [2.24, 2.45) is 0 Å². The summed E-state index contributed by atoms with van der Waals surface area (Å²) in [4.78, 5) is 19.5. The summed E-state index contributed by atoms with van der Waals surface area (Å²) in [6.07, 6.45) is 1.04. The van der Waals surface area contributed by atoms with E-state index in [0.717, 1.165) is 24.0 Å². The van der Waals surface area contributed by atoms with E-state index in [-0.39, 0.29) is 5.89 Å². The van der Waals surface area contributed by atoms with Crippen LogP contribution >= 0.6 is 0 Å². The molecule has 1 aliphatic heterocycles. The molecule has 3 aromatic carbocycles. The minimum Gasteiger partial charge on any atom is -0.436 e. The number of oxazole rings is 1. The molecular formula is C26H20N2O3. The van der Waals surface area contributed by atoms with Crippen molar-refractivity contribution >= 4 is 27.8 Å². The van der Waals surface area contributed by atoms with Crippen molar-refractivity contribution in [1.29, 1.82) is 0 Å². The number of aromatic nitrogens is 1. The fraction of sp³-hybridized carbons (Fsp3) is 0.154. The zero-order chi connectivity index (χ0) is 20.9. The zero-order valence-electron chi connectivity index (χ0n) is 17.0. The van der Waals surface area contributed by atoms with Gasteiger partial charge in [-0.2, -0.15) is 0 Å². The van der Waals surface area contributed by atoms with Gasteiger partial charge in [-0.25, -0.2) is 9.78 Å². The Kier molecular flexibility index (Phi) is 3.96. The summed E-state index contributed by atoms with van der Waals surface area (Å²) in [6.45, 7) is 0.948. The number of nitrogens with zero attached hydrogens (tertiary/aromatic N) is 2. The SMILES string of the molecule is CN1CCC(c2ccccc2)c2cc3cc(-c4nc5ccccc5o4)c(=O)oc3cc21. The summed E-state index contributed by atoms with van der Waals surface area (Å²) in [5, 5.41) is 0.867. The Bertz CT molecular complexity index is 1450. The molecule has 2 aromatic heterocycles. The van der Waals surface area contributed by atoms with Gasteiger partial charge in [-0.3, -0.25) is 0 Å². The molecular weight excluding hydrogens is 388 g/mol. The van der Waals surface area contributed by atoms with Gasteiger partial charge in [0.25, 0.3) is 0 Å². The Morgan fingerprint density at radius 3 is 2.58 bits per heavy atom. The van der Waals surface area contributed by atoms with E-state index in [4.69, 9.17) is 8.83 Å². The second-order valence-corrected chi connectivity index (χ2v) is 8.06. The van der Waals surface area contributed by atoms with Crippen LogP contribution in [0.4, 0.5) is 5.69 Å². The van der Waals surface area contributed by atoms with Gasteiger partial charge >= 0.3 is 5.63 Å². The van der Waals surface area contributed by atoms with Crippen LogP contribution in [0.15, 0.2) is 86.4 Å². The highest BCUT2D eigenvalue weighted by molar-refractivity contribution is 5.87. The van der Waals surface area contributed by atoms with Crippen LogP contribution in [0, 0.1) is 0 Å². The van der Waals surface area contributed by atoms with Crippen LogP contribution in [-0.4, -0.2) is 18.6 Å². The fourth-order valence-electron chi connectivity index (χ4n) is 4.55. The molecule has 0 aliphatic carbocycles. The Morgan fingerprint density at radius 2 is 1.74 bits per heavy atom. The normalized spacial score (nSPS) is 16.0. The van der Waals surface area contributed by atoms with Gasteiger partial charge in [-0.05, 0) is 41.8 Å². The van der Waals surface area contributed by atoms with Crippen molar-refractivity contribution in [3.63, 3.8) is 0 Å². The van der Waals surface area contributed by atoms with Gasteiger partial charge in [0.05, 0.1) is 0 Å². The highest BCUT2D eigenvalue weighted by Gasteiger charge is 2.26. The van der Waals surface area contributed by atoms with Gasteiger partial charge in [0.1, 0.15) is 16.7 Å². The van der Waals surface area contributed by atoms with E-state index >= 15 is 0 Å². The van der Waals surface area contributed by atoms with Crippen molar-refractivity contribution in [3.8, 4) is 11.5 Å². The Labute approximate surface area is 178 Å². The second kappa shape index (κ2) is 6.84. The van der Waals surface area contributed by atoms with Gasteiger partial charge < -0.3 is 13.7 Å². The molecule has 1 unspecified atom stereocenters. The number of hydrogen-bond donors (Lipinski definition) is 0. The molecule has 0 fully saturated rings. The molecule has 5 aromatic rings. The first-order valence-corrected chi connectivity index (χ1v) is 10.4. The summed E-state index contributed by atoms with van der Waals surface area (Å²) in [5.74, 6) is 0.586. The fourth-order valence-corrected chi connectivity index (χ4v) is 4.55. The molecule has 6 rings (SSSR count). The summed E-state index contributed by atoms with van der Waals surface area (Å²) in [5.41, 5.74) is 5.47. The number of anilines is 1. The molecule has 0 amide bonds. The minimum absolute atomic E-state index is 0.284. The minimum atomic E-state index is -0.447. The average Bonchev–Trinajstić information content (AvgIpc) is 3.23. The molecule has 0 N–H and O–H groups in total. The van der Waals surface area contributed by atoms with Gasteiger partial charge in [0.15, 0.2) is 5.58 Å². The Hall–Kier alpha value is -3.86. The number of benzene rings is 3. The molecule has 5 heteroatoms. The van der Waals surface area contributed by atoms with Crippen LogP contribution in [0.1, 0.15) is 23.5 Å². The lowest BCUT2D eigenvalue weighted by Crippen LogP contribution is -2.27. The number of rotatable bonds is 2. The number of hydrogen-bond acceptors (Lipinski definition) is 5. The maximum absolute atomic E-state index is 12.8. The molecule has 0 radical (unpaired) electrons. The lowest BCUT2D eigenvalue weighted by Gasteiger charge is -2.33. The molecule has 0 spiro atoms. The van der Waals surface area contributed by atoms with E-state index < -0.39 is 5.63 Å². The third-order valence-electron chi connectivity index (χ3n) is 6.15. The predicted molar refractivity (Wildman–Crippen MR) is 122 cm³/mol. The van der Waals surface area contributed by atoms with Crippen LogP contribution in [0.3, 0.4) is 0 Å². The van der Waals surface area contributed by atoms with E-state index in [1.807, 2.05) is 42.5 Å². The smallest absolute Gasteiger partial charge is 0.349 e. The van der Waals surface area contributed by atoms with Crippen molar-refractivity contribution in [3.05, 3.63) is 94.3 Å². The van der Waals surface area contributed by atoms with Crippen LogP contribution in [0.25, 0.3) is 33.5 Å². The molecule has 31 heavy (non-hydrogen) atoms. The predicted octanol–water partition coefficient (Wildman–Crippen LogP) is 5.57. The molecule has 0 saturated carbocycles. The Morgan fingerprint density at radius 1 is 0.935 bits per heavy atom. The summed E-state index contributed by atoms with van der Waals surface area (Å²) < 4.78 is 11.5. The first kappa shape index (κ1) is 18.0. The third kappa shape index (κ3) is 2.93. The van der Waals surface area contributed by atoms with Crippen LogP contribution in [0.2, 0.25) is 0 Å². The summed E-state index contributed by atoms with van der Waals surface area (Å²) in [6, 6.07) is 24.0. The second-order valence-electron chi connectivity index (χ2n) is 8.06. The standard InChI is InChI=1S/C26H20N2O3/c1-28-12-11-18(16-7-3-2-4-8-16)19-13-17-14-20(26(29)31-24(17)15-22(19)28)25-27-21-9-5-6-10-23(21)30-25/h2-10,13-15,18H,11-12H2,1H3. The zero-order valence-corrected chi connectivity index (χ0v) is 17.0. The van der Waals surface area contributed by atoms with Crippen molar-refractivity contribution < 1.29 is 8.83 Å². The van der Waals surface area contributed by atoms with Crippen molar-refractivity contribution in [2.75, 3.05) is 18.5 Å². The van der Waals surface area contributed by atoms with E-state index in [1.165, 1.54) is 11.1 Å². The quantitative estimate of drug-likeness (QED) is 0.357. The average molecular weight is 408 g/mol. The molecule has 152 valence electrons. The summed E-state index contributed by atoms with van der Waals surface area (Å²) >= 11 is 0. The number of fused-ring (bicyclic) bond motifs is 3. The van der Waals surface area contributed by atoms with Gasteiger partial charge in [-0.15, -0.1) is 0 Å². The van der Waals surface area contributed by atoms with Crippen LogP contribution < -0.4 is 10.5 Å². The highest BCUT2D eigenvalue weighted by Crippen LogP contribution is 2.41. The number of para-hydroxylation sites is 2. The van der Waals surface area contributed by atoms with Gasteiger partial charge in [0.2, 0.25) is 5.89 Å². The van der Waals surface area contributed by atoms with Gasteiger partial charge in [-0.1, -0.05) is 42.5 Å². The molecule has 1 atom stereocenters. The van der Waals surface area contributed by atoms with E-state index in [0.29, 0.717) is 28.2 Å². The largest absolute Gasteiger partial charge is 0.436 e. The summed E-state index contributed by atoms with van der Waals surface area (Å²) in [7, 11) is 2.08. The molecule has 0 bridgehead atoms. The molecule has 1 aliphatic rings. The monoisotopic (exact) mass is 408 g/mol. The topological polar surface area (TPSA) is 59.5 Å². The first-order valence-electron chi connectivity index (χ1n) is 10.4. The van der Waals surface area contributed by atoms with Crippen molar-refractivity contribution in [1.82, 2.24) is 4.98 Å². The van der Waals surface area contributed by atoms with Gasteiger partial charge in [0, 0.05) is 36.7 Å². The van der Waals surface area contributed by atoms with Crippen LogP contribution in [0.5, 0.6) is 0 Å². The molecule has 5 nitrogen and oxygen atoms in total. The van der Waals surface area contributed by atoms with E-state index in [1.54, 1.807) is 0 Å². The maximum Gasteiger partial charge on any atom is 0.349 e. The lowest BCUT2D eigenvalue weighted by molar-refractivity contribution is 0.552. The maximum atomic E-state index is 12.8. The molecule has 3 heterocycles. The van der Waals surface area contributed by atoms with Crippen molar-refractivity contribution in [2.45, 2.75) is 12.3 Å². The van der Waals surface area contributed by atoms with E-state index in [9.17, 15) is 4.79 Å². The van der Waals surface area contributed by atoms with Crippen LogP contribution in [-0.2, 0) is 0 Å². The Balaban J connectivity index is 1.54. The lowest BCUT2D eigenvalue weighted by atomic mass is 9.84. The van der Waals surface area contributed by atoms with E-state index in [2.05, 4.69) is 47.3 Å². The molecule has 0 saturated heterocycles. The first-order chi connectivity index (χ1) is 15.2. The third-order valence-corrected chi connectivity index (χ3v) is 6.15.